The summed E-state index contributed by atoms with van der Waals surface area (Å²) in [5, 5.41) is 5.73. The molecule has 1 fully saturated rings. The molecule has 1 aliphatic rings. The van der Waals surface area contributed by atoms with Gasteiger partial charge in [0.05, 0.1) is 10.6 Å². The van der Waals surface area contributed by atoms with Gasteiger partial charge >= 0.3 is 0 Å². The SMILES string of the molecule is Cc1cccc(NC(=O)c2cccc(NC(=O)c3ccc(OCC4CCCO4)c(Br)c3)c2)c1. The van der Waals surface area contributed by atoms with E-state index in [1.54, 1.807) is 42.5 Å². The molecule has 4 rings (SSSR count). The Hall–Kier alpha value is -3.16. The second kappa shape index (κ2) is 10.6. The van der Waals surface area contributed by atoms with E-state index < -0.39 is 0 Å². The lowest BCUT2D eigenvalue weighted by molar-refractivity contribution is 0.0677. The molecule has 0 aromatic heterocycles. The lowest BCUT2D eigenvalue weighted by Crippen LogP contribution is -2.17. The molecule has 1 saturated heterocycles. The van der Waals surface area contributed by atoms with Gasteiger partial charge in [-0.25, -0.2) is 0 Å². The van der Waals surface area contributed by atoms with Crippen LogP contribution in [0.1, 0.15) is 39.1 Å². The predicted molar refractivity (Wildman–Crippen MR) is 132 cm³/mol. The van der Waals surface area contributed by atoms with Crippen LogP contribution in [0.25, 0.3) is 0 Å². The average molecular weight is 509 g/mol. The molecule has 6 nitrogen and oxygen atoms in total. The summed E-state index contributed by atoms with van der Waals surface area (Å²) >= 11 is 3.48. The number of ether oxygens (including phenoxy) is 2. The van der Waals surface area contributed by atoms with Gasteiger partial charge in [0, 0.05) is 29.1 Å². The maximum absolute atomic E-state index is 12.8. The van der Waals surface area contributed by atoms with Gasteiger partial charge in [-0.15, -0.1) is 0 Å². The van der Waals surface area contributed by atoms with Crippen molar-refractivity contribution in [3.63, 3.8) is 0 Å². The van der Waals surface area contributed by atoms with Crippen LogP contribution in [0, 0.1) is 6.92 Å². The summed E-state index contributed by atoms with van der Waals surface area (Å²) in [7, 11) is 0. The fourth-order valence-corrected chi connectivity index (χ4v) is 4.08. The molecule has 3 aromatic carbocycles. The van der Waals surface area contributed by atoms with Gasteiger partial charge in [0.15, 0.2) is 0 Å². The fourth-order valence-electron chi connectivity index (χ4n) is 3.59. The van der Waals surface area contributed by atoms with Gasteiger partial charge in [0.2, 0.25) is 0 Å². The molecule has 2 N–H and O–H groups in total. The lowest BCUT2D eigenvalue weighted by Gasteiger charge is -2.13. The van der Waals surface area contributed by atoms with Crippen molar-refractivity contribution in [3.05, 3.63) is 87.9 Å². The first-order chi connectivity index (χ1) is 16.0. The number of carbonyl (C=O) groups is 2. The molecule has 2 amide bonds. The lowest BCUT2D eigenvalue weighted by atomic mass is 10.1. The van der Waals surface area contributed by atoms with E-state index in [0.29, 0.717) is 33.6 Å². The third-order valence-corrected chi connectivity index (χ3v) is 5.92. The van der Waals surface area contributed by atoms with Gasteiger partial charge < -0.3 is 20.1 Å². The zero-order valence-corrected chi connectivity index (χ0v) is 19.9. The van der Waals surface area contributed by atoms with Crippen LogP contribution in [0.2, 0.25) is 0 Å². The number of benzene rings is 3. The maximum atomic E-state index is 12.8. The molecule has 0 spiro atoms. The number of halogens is 1. The molecule has 1 heterocycles. The Balaban J connectivity index is 1.38. The fraction of sp³-hybridized carbons (Fsp3) is 0.231. The number of aryl methyl sites for hydroxylation is 1. The van der Waals surface area contributed by atoms with Crippen LogP contribution >= 0.6 is 15.9 Å². The van der Waals surface area contributed by atoms with Crippen LogP contribution in [-0.4, -0.2) is 31.1 Å². The Bertz CT molecular complexity index is 1160. The van der Waals surface area contributed by atoms with Crippen LogP contribution in [0.3, 0.4) is 0 Å². The Morgan fingerprint density at radius 3 is 2.33 bits per heavy atom. The summed E-state index contributed by atoms with van der Waals surface area (Å²) in [6.45, 7) is 3.23. The third kappa shape index (κ3) is 6.21. The highest BCUT2D eigenvalue weighted by Gasteiger charge is 2.17. The number of amides is 2. The normalized spacial score (nSPS) is 15.2. The highest BCUT2D eigenvalue weighted by atomic mass is 79.9. The van der Waals surface area contributed by atoms with Crippen LogP contribution in [0.4, 0.5) is 11.4 Å². The van der Waals surface area contributed by atoms with E-state index in [-0.39, 0.29) is 17.9 Å². The molecule has 33 heavy (non-hydrogen) atoms. The minimum Gasteiger partial charge on any atom is -0.490 e. The van der Waals surface area contributed by atoms with Gasteiger partial charge in [-0.05, 0) is 89.8 Å². The van der Waals surface area contributed by atoms with E-state index in [0.717, 1.165) is 30.7 Å². The van der Waals surface area contributed by atoms with Gasteiger partial charge in [0.1, 0.15) is 12.4 Å². The second-order valence-corrected chi connectivity index (χ2v) is 8.80. The van der Waals surface area contributed by atoms with Crippen molar-refractivity contribution in [2.75, 3.05) is 23.8 Å². The Morgan fingerprint density at radius 2 is 1.67 bits per heavy atom. The summed E-state index contributed by atoms with van der Waals surface area (Å²) in [6.07, 6.45) is 2.18. The number of carbonyl (C=O) groups excluding carboxylic acids is 2. The van der Waals surface area contributed by atoms with Crippen molar-refractivity contribution in [1.29, 1.82) is 0 Å². The minimum atomic E-state index is -0.280. The van der Waals surface area contributed by atoms with Crippen molar-refractivity contribution in [2.24, 2.45) is 0 Å². The van der Waals surface area contributed by atoms with E-state index in [4.69, 9.17) is 9.47 Å². The van der Waals surface area contributed by atoms with Crippen molar-refractivity contribution in [2.45, 2.75) is 25.9 Å². The van der Waals surface area contributed by atoms with E-state index in [1.165, 1.54) is 0 Å². The van der Waals surface area contributed by atoms with Crippen LogP contribution in [0.15, 0.2) is 71.2 Å². The number of rotatable bonds is 7. The van der Waals surface area contributed by atoms with Crippen LogP contribution < -0.4 is 15.4 Å². The number of anilines is 2. The van der Waals surface area contributed by atoms with Crippen molar-refractivity contribution in [3.8, 4) is 5.75 Å². The maximum Gasteiger partial charge on any atom is 0.255 e. The highest BCUT2D eigenvalue weighted by Crippen LogP contribution is 2.27. The molecule has 7 heteroatoms. The average Bonchev–Trinajstić information content (AvgIpc) is 3.32. The highest BCUT2D eigenvalue weighted by molar-refractivity contribution is 9.10. The topological polar surface area (TPSA) is 76.7 Å². The number of hydrogen-bond acceptors (Lipinski definition) is 4. The summed E-state index contributed by atoms with van der Waals surface area (Å²) in [6, 6.07) is 19.6. The molecular weight excluding hydrogens is 484 g/mol. The zero-order chi connectivity index (χ0) is 23.2. The molecule has 1 atom stereocenters. The first kappa shape index (κ1) is 23.0. The van der Waals surface area contributed by atoms with E-state index >= 15 is 0 Å². The van der Waals surface area contributed by atoms with Gasteiger partial charge in [0.25, 0.3) is 11.8 Å². The first-order valence-electron chi connectivity index (χ1n) is 10.8. The molecule has 0 saturated carbocycles. The minimum absolute atomic E-state index is 0.121. The molecule has 1 aliphatic heterocycles. The van der Waals surface area contributed by atoms with Crippen molar-refractivity contribution in [1.82, 2.24) is 0 Å². The zero-order valence-electron chi connectivity index (χ0n) is 18.3. The molecular formula is C26H25BrN2O4. The van der Waals surface area contributed by atoms with Gasteiger partial charge in [-0.1, -0.05) is 18.2 Å². The summed E-state index contributed by atoms with van der Waals surface area (Å²) in [4.78, 5) is 25.4. The predicted octanol–water partition coefficient (Wildman–Crippen LogP) is 5.82. The molecule has 170 valence electrons. The van der Waals surface area contributed by atoms with Crippen molar-refractivity contribution >= 4 is 39.1 Å². The summed E-state index contributed by atoms with van der Waals surface area (Å²) < 4.78 is 12.1. The first-order valence-corrected chi connectivity index (χ1v) is 11.6. The van der Waals surface area contributed by atoms with E-state index in [2.05, 4.69) is 26.6 Å². The third-order valence-electron chi connectivity index (χ3n) is 5.30. The second-order valence-electron chi connectivity index (χ2n) is 7.95. The largest absolute Gasteiger partial charge is 0.490 e. The smallest absolute Gasteiger partial charge is 0.255 e. The summed E-state index contributed by atoms with van der Waals surface area (Å²) in [5.41, 5.74) is 3.24. The van der Waals surface area contributed by atoms with Gasteiger partial charge in [-0.2, -0.15) is 0 Å². The van der Waals surface area contributed by atoms with Crippen LogP contribution in [0.5, 0.6) is 5.75 Å². The quantitative estimate of drug-likeness (QED) is 0.421. The molecule has 0 radical (unpaired) electrons. The number of hydrogen-bond donors (Lipinski definition) is 2. The molecule has 3 aromatic rings. The van der Waals surface area contributed by atoms with Crippen molar-refractivity contribution < 1.29 is 19.1 Å². The molecule has 1 unspecified atom stereocenters. The van der Waals surface area contributed by atoms with Gasteiger partial charge in [-0.3, -0.25) is 9.59 Å². The Morgan fingerprint density at radius 1 is 0.970 bits per heavy atom. The Labute approximate surface area is 201 Å². The standard InChI is InChI=1S/C26H25BrN2O4/c1-17-5-2-7-20(13-17)28-25(30)18-6-3-8-21(14-18)29-26(31)19-10-11-24(23(27)15-19)33-16-22-9-4-12-32-22/h2-3,5-8,10-11,13-15,22H,4,9,12,16H2,1H3,(H,28,30)(H,29,31). The van der Waals surface area contributed by atoms with Crippen LogP contribution in [-0.2, 0) is 4.74 Å². The molecule has 0 bridgehead atoms. The Kier molecular flexibility index (Phi) is 7.42. The number of nitrogens with one attached hydrogen (secondary N) is 2. The van der Waals surface area contributed by atoms with E-state index in [9.17, 15) is 9.59 Å². The molecule has 0 aliphatic carbocycles. The summed E-state index contributed by atoms with van der Waals surface area (Å²) in [5.74, 6) is 0.140. The monoisotopic (exact) mass is 508 g/mol. The van der Waals surface area contributed by atoms with E-state index in [1.807, 2.05) is 31.2 Å².